The van der Waals surface area contributed by atoms with Gasteiger partial charge >= 0.3 is 0 Å². The summed E-state index contributed by atoms with van der Waals surface area (Å²) in [5.74, 6) is -1.78. The molecule has 4 rings (SSSR count). The van der Waals surface area contributed by atoms with Gasteiger partial charge in [-0.1, -0.05) is 35.9 Å². The largest absolute Gasteiger partial charge is 0.325 e. The SMILES string of the molecule is O=C(Nc1ccc(F)c(Cl)c1)[C@@H]1Cc2ccccc2CN1S(=O)(=O)c1ccc(F)cc1. The Kier molecular flexibility index (Phi) is 5.79. The first-order valence-corrected chi connectivity index (χ1v) is 11.2. The fraction of sp³-hybridized carbons (Fsp3) is 0.136. The highest BCUT2D eigenvalue weighted by Gasteiger charge is 2.39. The van der Waals surface area contributed by atoms with Gasteiger partial charge < -0.3 is 5.32 Å². The van der Waals surface area contributed by atoms with Crippen LogP contribution in [0.2, 0.25) is 5.02 Å². The third kappa shape index (κ3) is 4.32. The van der Waals surface area contributed by atoms with E-state index in [0.717, 1.165) is 33.6 Å². The Morgan fingerprint density at radius 3 is 2.35 bits per heavy atom. The maximum atomic E-state index is 13.4. The Hall–Kier alpha value is -2.81. The number of amides is 1. The van der Waals surface area contributed by atoms with Gasteiger partial charge in [0.1, 0.15) is 17.7 Å². The smallest absolute Gasteiger partial charge is 0.244 e. The number of nitrogens with zero attached hydrogens (tertiary/aromatic N) is 1. The van der Waals surface area contributed by atoms with E-state index in [9.17, 15) is 22.0 Å². The zero-order valence-electron chi connectivity index (χ0n) is 16.1. The summed E-state index contributed by atoms with van der Waals surface area (Å²) in [7, 11) is -4.10. The highest BCUT2D eigenvalue weighted by Crippen LogP contribution is 2.30. The quantitative estimate of drug-likeness (QED) is 0.626. The molecule has 1 heterocycles. The zero-order valence-corrected chi connectivity index (χ0v) is 17.6. The fourth-order valence-corrected chi connectivity index (χ4v) is 5.26. The lowest BCUT2D eigenvalue weighted by molar-refractivity contribution is -0.120. The summed E-state index contributed by atoms with van der Waals surface area (Å²) in [6.07, 6.45) is 0.150. The van der Waals surface area contributed by atoms with Crippen LogP contribution in [0.25, 0.3) is 0 Å². The van der Waals surface area contributed by atoms with E-state index in [4.69, 9.17) is 11.6 Å². The number of anilines is 1. The molecule has 5 nitrogen and oxygen atoms in total. The van der Waals surface area contributed by atoms with Gasteiger partial charge in [0.2, 0.25) is 15.9 Å². The molecule has 1 aliphatic rings. The predicted octanol–water partition coefficient (Wildman–Crippen LogP) is 4.37. The van der Waals surface area contributed by atoms with Crippen LogP contribution in [0.4, 0.5) is 14.5 Å². The van der Waals surface area contributed by atoms with Gasteiger partial charge in [-0.2, -0.15) is 4.31 Å². The number of rotatable bonds is 4. The summed E-state index contributed by atoms with van der Waals surface area (Å²) in [6, 6.07) is 14.3. The van der Waals surface area contributed by atoms with Crippen molar-refractivity contribution in [1.29, 1.82) is 0 Å². The van der Waals surface area contributed by atoms with E-state index in [1.165, 1.54) is 24.3 Å². The molecule has 0 aromatic heterocycles. The molecule has 160 valence electrons. The molecular formula is C22H17ClF2N2O3S. The van der Waals surface area contributed by atoms with Crippen LogP contribution in [0, 0.1) is 11.6 Å². The van der Waals surface area contributed by atoms with Crippen molar-refractivity contribution < 1.29 is 22.0 Å². The van der Waals surface area contributed by atoms with E-state index in [0.29, 0.717) is 0 Å². The van der Waals surface area contributed by atoms with E-state index in [-0.39, 0.29) is 28.6 Å². The van der Waals surface area contributed by atoms with E-state index >= 15 is 0 Å². The Labute approximate surface area is 183 Å². The number of fused-ring (bicyclic) bond motifs is 1. The van der Waals surface area contributed by atoms with Crippen LogP contribution in [-0.2, 0) is 27.8 Å². The molecule has 0 unspecified atom stereocenters. The van der Waals surface area contributed by atoms with Crippen molar-refractivity contribution in [2.75, 3.05) is 5.32 Å². The number of sulfonamides is 1. The summed E-state index contributed by atoms with van der Waals surface area (Å²) in [4.78, 5) is 13.0. The average Bonchev–Trinajstić information content (AvgIpc) is 2.75. The van der Waals surface area contributed by atoms with Crippen molar-refractivity contribution in [2.45, 2.75) is 23.9 Å². The minimum absolute atomic E-state index is 0.0157. The second-order valence-corrected chi connectivity index (χ2v) is 9.41. The zero-order chi connectivity index (χ0) is 22.2. The van der Waals surface area contributed by atoms with E-state index < -0.39 is 33.6 Å². The van der Waals surface area contributed by atoms with Gasteiger partial charge in [0.05, 0.1) is 9.92 Å². The minimum Gasteiger partial charge on any atom is -0.325 e. The number of carbonyl (C=O) groups is 1. The molecule has 1 N–H and O–H groups in total. The fourth-order valence-electron chi connectivity index (χ4n) is 3.52. The number of benzene rings is 3. The van der Waals surface area contributed by atoms with E-state index in [1.807, 2.05) is 12.1 Å². The van der Waals surface area contributed by atoms with Crippen LogP contribution in [0.5, 0.6) is 0 Å². The van der Waals surface area contributed by atoms with Crippen LogP contribution in [0.3, 0.4) is 0 Å². The molecule has 9 heteroatoms. The van der Waals surface area contributed by atoms with Gasteiger partial charge in [-0.15, -0.1) is 0 Å². The number of hydrogen-bond donors (Lipinski definition) is 1. The molecule has 0 fully saturated rings. The van der Waals surface area contributed by atoms with Crippen LogP contribution in [0.1, 0.15) is 11.1 Å². The van der Waals surface area contributed by atoms with Crippen LogP contribution in [-0.4, -0.2) is 24.7 Å². The predicted molar refractivity (Wildman–Crippen MR) is 113 cm³/mol. The van der Waals surface area contributed by atoms with Gasteiger partial charge in [-0.25, -0.2) is 17.2 Å². The third-order valence-corrected chi connectivity index (χ3v) is 7.27. The molecule has 1 amide bonds. The Balaban J connectivity index is 1.71. The summed E-state index contributed by atoms with van der Waals surface area (Å²) < 4.78 is 54.5. The maximum Gasteiger partial charge on any atom is 0.244 e. The molecule has 1 aliphatic heterocycles. The summed E-state index contributed by atoms with van der Waals surface area (Å²) in [6.45, 7) is -0.0157. The van der Waals surface area contributed by atoms with Gasteiger partial charge in [0, 0.05) is 12.2 Å². The van der Waals surface area contributed by atoms with Gasteiger partial charge in [0.15, 0.2) is 0 Å². The van der Waals surface area contributed by atoms with Crippen LogP contribution in [0.15, 0.2) is 71.6 Å². The molecule has 0 radical (unpaired) electrons. The Morgan fingerprint density at radius 1 is 1.00 bits per heavy atom. The Bertz CT molecular complexity index is 1250. The first-order chi connectivity index (χ1) is 14.8. The molecule has 3 aromatic carbocycles. The topological polar surface area (TPSA) is 66.5 Å². The van der Waals surface area contributed by atoms with Gasteiger partial charge in [-0.05, 0) is 60.0 Å². The Morgan fingerprint density at radius 2 is 1.68 bits per heavy atom. The number of carbonyl (C=O) groups excluding carboxylic acids is 1. The molecule has 1 atom stereocenters. The molecule has 3 aromatic rings. The van der Waals surface area contributed by atoms with Crippen molar-refractivity contribution in [2.24, 2.45) is 0 Å². The molecule has 0 spiro atoms. The van der Waals surface area contributed by atoms with Crippen LogP contribution >= 0.6 is 11.6 Å². The highest BCUT2D eigenvalue weighted by atomic mass is 35.5. The first kappa shape index (κ1) is 21.4. The summed E-state index contributed by atoms with van der Waals surface area (Å²) in [5.41, 5.74) is 1.88. The minimum atomic E-state index is -4.10. The maximum absolute atomic E-state index is 13.4. The van der Waals surface area contributed by atoms with E-state index in [1.54, 1.807) is 12.1 Å². The highest BCUT2D eigenvalue weighted by molar-refractivity contribution is 7.89. The second kappa shape index (κ2) is 8.37. The number of hydrogen-bond acceptors (Lipinski definition) is 3. The van der Waals surface area contributed by atoms with Gasteiger partial charge in [0.25, 0.3) is 0 Å². The normalized spacial score (nSPS) is 16.5. The first-order valence-electron chi connectivity index (χ1n) is 9.36. The summed E-state index contributed by atoms with van der Waals surface area (Å²) in [5, 5.41) is 2.45. The third-order valence-electron chi connectivity index (χ3n) is 5.12. The lowest BCUT2D eigenvalue weighted by atomic mass is 9.95. The lowest BCUT2D eigenvalue weighted by Gasteiger charge is -2.35. The van der Waals surface area contributed by atoms with Crippen molar-refractivity contribution in [3.8, 4) is 0 Å². The molecule has 0 bridgehead atoms. The van der Waals surface area contributed by atoms with E-state index in [2.05, 4.69) is 5.32 Å². The molecule has 0 saturated heterocycles. The lowest BCUT2D eigenvalue weighted by Crippen LogP contribution is -2.50. The molecule has 0 aliphatic carbocycles. The monoisotopic (exact) mass is 462 g/mol. The van der Waals surface area contributed by atoms with Gasteiger partial charge in [-0.3, -0.25) is 4.79 Å². The van der Waals surface area contributed by atoms with Crippen molar-refractivity contribution in [1.82, 2.24) is 4.31 Å². The molecule has 0 saturated carbocycles. The van der Waals surface area contributed by atoms with Crippen molar-refractivity contribution in [3.63, 3.8) is 0 Å². The van der Waals surface area contributed by atoms with Crippen molar-refractivity contribution >= 4 is 33.2 Å². The second-order valence-electron chi connectivity index (χ2n) is 7.11. The van der Waals surface area contributed by atoms with Crippen LogP contribution < -0.4 is 5.32 Å². The van der Waals surface area contributed by atoms with Crippen molar-refractivity contribution in [3.05, 3.63) is 94.5 Å². The number of nitrogens with one attached hydrogen (secondary N) is 1. The standard InChI is InChI=1S/C22H17ClF2N2O3S/c23-19-12-17(7-10-20(19)25)26-22(28)21-11-14-3-1-2-4-15(14)13-27(21)31(29,30)18-8-5-16(24)6-9-18/h1-10,12,21H,11,13H2,(H,26,28)/t21-/m0/s1. The molecular weight excluding hydrogens is 446 g/mol. The average molecular weight is 463 g/mol. The number of halogens is 3. The molecule has 31 heavy (non-hydrogen) atoms. The summed E-state index contributed by atoms with van der Waals surface area (Å²) >= 11 is 5.78.